The summed E-state index contributed by atoms with van der Waals surface area (Å²) in [6.07, 6.45) is 2.93. The van der Waals surface area contributed by atoms with E-state index in [9.17, 15) is 17.6 Å². The maximum absolute atomic E-state index is 13.9. The molecule has 0 heterocycles. The molecule has 1 amide bonds. The summed E-state index contributed by atoms with van der Waals surface area (Å²) in [5, 5.41) is 0.263. The van der Waals surface area contributed by atoms with E-state index in [1.807, 2.05) is 0 Å². The van der Waals surface area contributed by atoms with Gasteiger partial charge in [0.1, 0.15) is 5.82 Å². The Morgan fingerprint density at radius 2 is 1.72 bits per heavy atom. The number of benzene rings is 2. The van der Waals surface area contributed by atoms with Crippen molar-refractivity contribution in [2.45, 2.75) is 25.3 Å². The number of likely N-dealkylation sites (N-methyl/N-ethyl adjacent to an activating group) is 1. The van der Waals surface area contributed by atoms with Crippen molar-refractivity contribution in [2.24, 2.45) is 0 Å². The first kappa shape index (κ1) is 23.1. The summed E-state index contributed by atoms with van der Waals surface area (Å²) in [6, 6.07) is 10.7. The minimum atomic E-state index is -3.52. The molecule has 0 atom stereocenters. The summed E-state index contributed by atoms with van der Waals surface area (Å²) in [5.41, 5.74) is 0.929. The Bertz CT molecular complexity index is 967. The van der Waals surface area contributed by atoms with Crippen LogP contribution in [-0.4, -0.2) is 43.7 Å². The topological polar surface area (TPSA) is 57.7 Å². The Morgan fingerprint density at radius 3 is 2.28 bits per heavy atom. The standard InChI is InChI=1S/C21H24ClFN2O3S/c1-4-25(5-2)29(27,28)17-12-9-16(10-13-17)11-14-21(26)24(3)15-18-19(22)7-6-8-20(18)23/h6-14H,4-5,15H2,1-3H3. The molecule has 0 unspecified atom stereocenters. The molecule has 0 radical (unpaired) electrons. The number of nitrogens with zero attached hydrogens (tertiary/aromatic N) is 2. The minimum absolute atomic E-state index is 0.0374. The summed E-state index contributed by atoms with van der Waals surface area (Å²) in [7, 11) is -1.97. The molecule has 0 aliphatic heterocycles. The Hall–Kier alpha value is -2.22. The summed E-state index contributed by atoms with van der Waals surface area (Å²) in [4.78, 5) is 13.9. The van der Waals surface area contributed by atoms with Gasteiger partial charge in [0.05, 0.1) is 4.90 Å². The minimum Gasteiger partial charge on any atom is -0.338 e. The molecule has 2 rings (SSSR count). The molecular weight excluding hydrogens is 415 g/mol. The number of halogens is 2. The number of rotatable bonds is 8. The predicted octanol–water partition coefficient (Wildman–Crippen LogP) is 4.18. The molecule has 0 aromatic heterocycles. The van der Waals surface area contributed by atoms with Crippen LogP contribution >= 0.6 is 11.6 Å². The largest absolute Gasteiger partial charge is 0.338 e. The number of carbonyl (C=O) groups excluding carboxylic acids is 1. The van der Waals surface area contributed by atoms with Crippen LogP contribution in [0.15, 0.2) is 53.4 Å². The van der Waals surface area contributed by atoms with E-state index in [2.05, 4.69) is 0 Å². The van der Waals surface area contributed by atoms with Gasteiger partial charge in [-0.3, -0.25) is 4.79 Å². The molecule has 2 aromatic rings. The SMILES string of the molecule is CCN(CC)S(=O)(=O)c1ccc(C=CC(=O)N(C)Cc2c(F)cccc2Cl)cc1. The fourth-order valence-electron chi connectivity index (χ4n) is 2.76. The van der Waals surface area contributed by atoms with Gasteiger partial charge in [-0.25, -0.2) is 12.8 Å². The van der Waals surface area contributed by atoms with Crippen molar-refractivity contribution in [3.05, 3.63) is 70.5 Å². The van der Waals surface area contributed by atoms with Gasteiger partial charge in [0.25, 0.3) is 0 Å². The summed E-state index contributed by atoms with van der Waals surface area (Å²) >= 11 is 6.00. The van der Waals surface area contributed by atoms with E-state index in [0.29, 0.717) is 18.7 Å². The summed E-state index contributed by atoms with van der Waals surface area (Å²) < 4.78 is 40.2. The first-order valence-electron chi connectivity index (χ1n) is 9.17. The van der Waals surface area contributed by atoms with Crippen molar-refractivity contribution in [2.75, 3.05) is 20.1 Å². The van der Waals surface area contributed by atoms with Gasteiger partial charge in [-0.2, -0.15) is 4.31 Å². The van der Waals surface area contributed by atoms with E-state index in [-0.39, 0.29) is 27.9 Å². The molecule has 0 N–H and O–H groups in total. The summed E-state index contributed by atoms with van der Waals surface area (Å²) in [5.74, 6) is -0.796. The maximum atomic E-state index is 13.9. The monoisotopic (exact) mass is 438 g/mol. The molecule has 0 spiro atoms. The zero-order chi connectivity index (χ0) is 21.6. The lowest BCUT2D eigenvalue weighted by molar-refractivity contribution is -0.125. The molecule has 0 saturated carbocycles. The van der Waals surface area contributed by atoms with E-state index < -0.39 is 15.8 Å². The lowest BCUT2D eigenvalue weighted by Gasteiger charge is -2.18. The van der Waals surface area contributed by atoms with Crippen molar-refractivity contribution in [3.63, 3.8) is 0 Å². The molecule has 5 nitrogen and oxygen atoms in total. The Kier molecular flexibility index (Phi) is 7.96. The number of sulfonamides is 1. The van der Waals surface area contributed by atoms with Crippen LogP contribution in [0, 0.1) is 5.82 Å². The van der Waals surface area contributed by atoms with Crippen molar-refractivity contribution < 1.29 is 17.6 Å². The third kappa shape index (κ3) is 5.65. The zero-order valence-electron chi connectivity index (χ0n) is 16.6. The van der Waals surface area contributed by atoms with Crippen LogP contribution in [0.3, 0.4) is 0 Å². The molecule has 8 heteroatoms. The van der Waals surface area contributed by atoms with Crippen LogP contribution in [0.2, 0.25) is 5.02 Å². The van der Waals surface area contributed by atoms with Gasteiger partial charge in [0.15, 0.2) is 0 Å². The van der Waals surface area contributed by atoms with Crippen molar-refractivity contribution in [3.8, 4) is 0 Å². The Balaban J connectivity index is 2.08. The van der Waals surface area contributed by atoms with Crippen LogP contribution in [0.25, 0.3) is 6.08 Å². The van der Waals surface area contributed by atoms with Gasteiger partial charge in [0, 0.05) is 43.3 Å². The van der Waals surface area contributed by atoms with Crippen LogP contribution in [0.4, 0.5) is 4.39 Å². The summed E-state index contributed by atoms with van der Waals surface area (Å²) in [6.45, 7) is 4.40. The van der Waals surface area contributed by atoms with Gasteiger partial charge < -0.3 is 4.90 Å². The second-order valence-corrected chi connectivity index (χ2v) is 8.73. The molecular formula is C21H24ClFN2O3S. The number of hydrogen-bond donors (Lipinski definition) is 0. The zero-order valence-corrected chi connectivity index (χ0v) is 18.2. The van der Waals surface area contributed by atoms with E-state index in [4.69, 9.17) is 11.6 Å². The fourth-order valence-corrected chi connectivity index (χ4v) is 4.44. The first-order chi connectivity index (χ1) is 13.7. The van der Waals surface area contributed by atoms with E-state index in [1.165, 1.54) is 39.5 Å². The molecule has 0 aliphatic carbocycles. The smallest absolute Gasteiger partial charge is 0.246 e. The normalized spacial score (nSPS) is 11.9. The Morgan fingerprint density at radius 1 is 1.10 bits per heavy atom. The van der Waals surface area contributed by atoms with E-state index >= 15 is 0 Å². The quantitative estimate of drug-likeness (QED) is 0.581. The lowest BCUT2D eigenvalue weighted by Crippen LogP contribution is -2.30. The second kappa shape index (κ2) is 10.0. The predicted molar refractivity (Wildman–Crippen MR) is 113 cm³/mol. The highest BCUT2D eigenvalue weighted by Gasteiger charge is 2.21. The molecule has 0 saturated heterocycles. The Labute approximate surface area is 176 Å². The maximum Gasteiger partial charge on any atom is 0.246 e. The molecule has 29 heavy (non-hydrogen) atoms. The van der Waals surface area contributed by atoms with E-state index in [0.717, 1.165) is 0 Å². The molecule has 156 valence electrons. The van der Waals surface area contributed by atoms with Gasteiger partial charge in [-0.1, -0.05) is 43.6 Å². The molecule has 0 aliphatic rings. The highest BCUT2D eigenvalue weighted by atomic mass is 35.5. The van der Waals surface area contributed by atoms with E-state index in [1.54, 1.807) is 45.2 Å². The van der Waals surface area contributed by atoms with Crippen LogP contribution in [-0.2, 0) is 21.4 Å². The molecule has 2 aromatic carbocycles. The lowest BCUT2D eigenvalue weighted by atomic mass is 10.2. The van der Waals surface area contributed by atoms with Gasteiger partial charge in [-0.15, -0.1) is 0 Å². The highest BCUT2D eigenvalue weighted by Crippen LogP contribution is 2.21. The van der Waals surface area contributed by atoms with Crippen molar-refractivity contribution in [1.29, 1.82) is 0 Å². The van der Waals surface area contributed by atoms with Gasteiger partial charge in [-0.05, 0) is 35.9 Å². The highest BCUT2D eigenvalue weighted by molar-refractivity contribution is 7.89. The first-order valence-corrected chi connectivity index (χ1v) is 11.0. The van der Waals surface area contributed by atoms with Crippen LogP contribution < -0.4 is 0 Å². The molecule has 0 fully saturated rings. The van der Waals surface area contributed by atoms with Crippen LogP contribution in [0.1, 0.15) is 25.0 Å². The average Bonchev–Trinajstić information content (AvgIpc) is 2.70. The molecule has 0 bridgehead atoms. The second-order valence-electron chi connectivity index (χ2n) is 6.39. The third-order valence-electron chi connectivity index (χ3n) is 4.47. The number of amides is 1. The van der Waals surface area contributed by atoms with Gasteiger partial charge >= 0.3 is 0 Å². The number of carbonyl (C=O) groups is 1. The number of hydrogen-bond acceptors (Lipinski definition) is 3. The van der Waals surface area contributed by atoms with Crippen molar-refractivity contribution >= 4 is 33.6 Å². The average molecular weight is 439 g/mol. The van der Waals surface area contributed by atoms with Crippen LogP contribution in [0.5, 0.6) is 0 Å². The van der Waals surface area contributed by atoms with Crippen molar-refractivity contribution in [1.82, 2.24) is 9.21 Å². The fraction of sp³-hybridized carbons (Fsp3) is 0.286. The van der Waals surface area contributed by atoms with Gasteiger partial charge in [0.2, 0.25) is 15.9 Å². The third-order valence-corrected chi connectivity index (χ3v) is 6.89.